The molecule has 0 aliphatic carbocycles. The number of rotatable bonds is 6. The van der Waals surface area contributed by atoms with Gasteiger partial charge in [0.15, 0.2) is 0 Å². The number of amides is 1. The molecule has 0 aromatic heterocycles. The van der Waals surface area contributed by atoms with Crippen molar-refractivity contribution in [1.29, 1.82) is 5.26 Å². The molecule has 6 heteroatoms. The second-order valence-electron chi connectivity index (χ2n) is 3.82. The summed E-state index contributed by atoms with van der Waals surface area (Å²) in [5.41, 5.74) is 0.784. The van der Waals surface area contributed by atoms with Crippen LogP contribution in [0.15, 0.2) is 24.3 Å². The number of nitriles is 1. The fourth-order valence-electron chi connectivity index (χ4n) is 1.41. The van der Waals surface area contributed by atoms with Gasteiger partial charge in [-0.25, -0.2) is 9.59 Å². The zero-order valence-corrected chi connectivity index (χ0v) is 11.2. The number of benzene rings is 1. The number of esters is 1. The lowest BCUT2D eigenvalue weighted by Gasteiger charge is -2.07. The third-order valence-corrected chi connectivity index (χ3v) is 2.29. The minimum absolute atomic E-state index is 0.196. The van der Waals surface area contributed by atoms with E-state index < -0.39 is 12.1 Å². The number of nitrogens with one attached hydrogen (secondary N) is 1. The standard InChI is InChI=1S/C14H16N2O4/c1-2-19-14(18)16-12-7-5-6-11(10-12)13(17)20-9-4-3-8-15/h5-7,10H,2-4,9H2,1H3,(H,16,18). The zero-order valence-electron chi connectivity index (χ0n) is 11.2. The van der Waals surface area contributed by atoms with Gasteiger partial charge in [-0.1, -0.05) is 6.07 Å². The van der Waals surface area contributed by atoms with Gasteiger partial charge >= 0.3 is 12.1 Å². The van der Waals surface area contributed by atoms with E-state index in [0.29, 0.717) is 24.1 Å². The van der Waals surface area contributed by atoms with Crippen LogP contribution < -0.4 is 5.32 Å². The Bertz CT molecular complexity index is 508. The van der Waals surface area contributed by atoms with Gasteiger partial charge in [0.25, 0.3) is 0 Å². The minimum Gasteiger partial charge on any atom is -0.462 e. The molecule has 1 N–H and O–H groups in total. The Hall–Kier alpha value is -2.55. The van der Waals surface area contributed by atoms with E-state index in [-0.39, 0.29) is 13.2 Å². The average molecular weight is 276 g/mol. The molecule has 0 fully saturated rings. The zero-order chi connectivity index (χ0) is 14.8. The maximum Gasteiger partial charge on any atom is 0.411 e. The Morgan fingerprint density at radius 3 is 2.85 bits per heavy atom. The van der Waals surface area contributed by atoms with Crippen molar-refractivity contribution in [3.63, 3.8) is 0 Å². The maximum atomic E-state index is 11.7. The first-order chi connectivity index (χ1) is 9.67. The Labute approximate surface area is 117 Å². The summed E-state index contributed by atoms with van der Waals surface area (Å²) in [6.45, 7) is 2.17. The van der Waals surface area contributed by atoms with Gasteiger partial charge in [0.1, 0.15) is 0 Å². The molecule has 0 aliphatic rings. The fourth-order valence-corrected chi connectivity index (χ4v) is 1.41. The quantitative estimate of drug-likeness (QED) is 0.637. The molecule has 0 bridgehead atoms. The predicted octanol–water partition coefficient (Wildman–Crippen LogP) is 2.72. The van der Waals surface area contributed by atoms with Crippen LogP contribution >= 0.6 is 0 Å². The highest BCUT2D eigenvalue weighted by molar-refractivity contribution is 5.92. The summed E-state index contributed by atoms with van der Waals surface area (Å²) < 4.78 is 9.74. The number of anilines is 1. The number of nitrogens with zero attached hydrogens (tertiary/aromatic N) is 1. The van der Waals surface area contributed by atoms with E-state index in [2.05, 4.69) is 5.32 Å². The fraction of sp³-hybridized carbons (Fsp3) is 0.357. The van der Waals surface area contributed by atoms with Crippen molar-refractivity contribution in [3.8, 4) is 6.07 Å². The average Bonchev–Trinajstić information content (AvgIpc) is 2.44. The Morgan fingerprint density at radius 1 is 1.35 bits per heavy atom. The normalized spacial score (nSPS) is 9.40. The second kappa shape index (κ2) is 8.53. The Balaban J connectivity index is 2.56. The van der Waals surface area contributed by atoms with E-state index in [1.54, 1.807) is 25.1 Å². The number of ether oxygens (including phenoxy) is 2. The first kappa shape index (κ1) is 15.5. The highest BCUT2D eigenvalue weighted by atomic mass is 16.5. The highest BCUT2D eigenvalue weighted by Gasteiger charge is 2.09. The van der Waals surface area contributed by atoms with Crippen molar-refractivity contribution in [2.45, 2.75) is 19.8 Å². The van der Waals surface area contributed by atoms with E-state index in [1.807, 2.05) is 6.07 Å². The van der Waals surface area contributed by atoms with E-state index in [0.717, 1.165) is 0 Å². The van der Waals surface area contributed by atoms with Gasteiger partial charge in [-0.15, -0.1) is 0 Å². The van der Waals surface area contributed by atoms with Crippen molar-refractivity contribution in [1.82, 2.24) is 0 Å². The topological polar surface area (TPSA) is 88.4 Å². The predicted molar refractivity (Wildman–Crippen MR) is 72.2 cm³/mol. The molecule has 20 heavy (non-hydrogen) atoms. The molecule has 1 aromatic carbocycles. The lowest BCUT2D eigenvalue weighted by Crippen LogP contribution is -2.14. The molecule has 1 aromatic rings. The lowest BCUT2D eigenvalue weighted by molar-refractivity contribution is 0.0501. The molecule has 0 unspecified atom stereocenters. The van der Waals surface area contributed by atoms with Gasteiger partial charge in [0.05, 0.1) is 24.8 Å². The summed E-state index contributed by atoms with van der Waals surface area (Å²) >= 11 is 0. The van der Waals surface area contributed by atoms with E-state index in [9.17, 15) is 9.59 Å². The number of unbranched alkanes of at least 4 members (excludes halogenated alkanes) is 1. The maximum absolute atomic E-state index is 11.7. The number of carbonyl (C=O) groups is 2. The van der Waals surface area contributed by atoms with Crippen LogP contribution in [0, 0.1) is 11.3 Å². The molecule has 106 valence electrons. The van der Waals surface area contributed by atoms with Gasteiger partial charge in [-0.2, -0.15) is 5.26 Å². The van der Waals surface area contributed by atoms with Gasteiger partial charge in [-0.3, -0.25) is 5.32 Å². The van der Waals surface area contributed by atoms with Gasteiger partial charge in [-0.05, 0) is 31.5 Å². The summed E-state index contributed by atoms with van der Waals surface area (Å²) in [5, 5.41) is 10.9. The van der Waals surface area contributed by atoms with Crippen LogP contribution in [-0.4, -0.2) is 25.3 Å². The molecule has 0 spiro atoms. The number of hydrogen-bond donors (Lipinski definition) is 1. The van der Waals surface area contributed by atoms with Crippen molar-refractivity contribution in [2.75, 3.05) is 18.5 Å². The molecular weight excluding hydrogens is 260 g/mol. The third-order valence-electron chi connectivity index (χ3n) is 2.29. The molecule has 1 amide bonds. The van der Waals surface area contributed by atoms with Crippen LogP contribution in [0.25, 0.3) is 0 Å². The van der Waals surface area contributed by atoms with Crippen LogP contribution in [-0.2, 0) is 9.47 Å². The summed E-state index contributed by atoms with van der Waals surface area (Å²) in [6.07, 6.45) is 0.271. The number of carbonyl (C=O) groups excluding carboxylic acids is 2. The van der Waals surface area contributed by atoms with Crippen molar-refractivity contribution >= 4 is 17.7 Å². The van der Waals surface area contributed by atoms with Crippen molar-refractivity contribution < 1.29 is 19.1 Å². The van der Waals surface area contributed by atoms with Crippen molar-refractivity contribution in [3.05, 3.63) is 29.8 Å². The van der Waals surface area contributed by atoms with E-state index in [1.165, 1.54) is 6.07 Å². The first-order valence-electron chi connectivity index (χ1n) is 6.25. The monoisotopic (exact) mass is 276 g/mol. The summed E-state index contributed by atoms with van der Waals surface area (Å²) in [6, 6.07) is 8.34. The molecule has 1 rings (SSSR count). The smallest absolute Gasteiger partial charge is 0.411 e. The minimum atomic E-state index is -0.577. The lowest BCUT2D eigenvalue weighted by atomic mass is 10.2. The third kappa shape index (κ3) is 5.40. The first-order valence-corrected chi connectivity index (χ1v) is 6.25. The Morgan fingerprint density at radius 2 is 2.15 bits per heavy atom. The SMILES string of the molecule is CCOC(=O)Nc1cccc(C(=O)OCCCC#N)c1. The van der Waals surface area contributed by atoms with Crippen LogP contribution in [0.3, 0.4) is 0 Å². The van der Waals surface area contributed by atoms with Crippen LogP contribution in [0.5, 0.6) is 0 Å². The summed E-state index contributed by atoms with van der Waals surface area (Å²) in [7, 11) is 0. The molecule has 0 saturated heterocycles. The highest BCUT2D eigenvalue weighted by Crippen LogP contribution is 2.12. The van der Waals surface area contributed by atoms with Gasteiger partial charge < -0.3 is 9.47 Å². The van der Waals surface area contributed by atoms with Crippen LogP contribution in [0.4, 0.5) is 10.5 Å². The molecular formula is C14H16N2O4. The van der Waals surface area contributed by atoms with Gasteiger partial charge in [0, 0.05) is 12.1 Å². The van der Waals surface area contributed by atoms with Crippen LogP contribution in [0.2, 0.25) is 0 Å². The van der Waals surface area contributed by atoms with E-state index in [4.69, 9.17) is 14.7 Å². The molecule has 0 heterocycles. The Kier molecular flexibility index (Phi) is 6.62. The molecule has 0 aliphatic heterocycles. The van der Waals surface area contributed by atoms with E-state index >= 15 is 0 Å². The second-order valence-corrected chi connectivity index (χ2v) is 3.82. The molecule has 0 saturated carbocycles. The van der Waals surface area contributed by atoms with Gasteiger partial charge in [0.2, 0.25) is 0 Å². The van der Waals surface area contributed by atoms with Crippen LogP contribution in [0.1, 0.15) is 30.1 Å². The van der Waals surface area contributed by atoms with Crippen molar-refractivity contribution in [2.24, 2.45) is 0 Å². The number of hydrogen-bond acceptors (Lipinski definition) is 5. The molecule has 0 atom stereocenters. The summed E-state index contributed by atoms with van der Waals surface area (Å²) in [4.78, 5) is 23.0. The summed E-state index contributed by atoms with van der Waals surface area (Å²) in [5.74, 6) is -0.490. The molecule has 0 radical (unpaired) electrons. The molecule has 6 nitrogen and oxygen atoms in total. The largest absolute Gasteiger partial charge is 0.462 e.